The summed E-state index contributed by atoms with van der Waals surface area (Å²) >= 11 is 0. The number of amides is 1. The average Bonchev–Trinajstić information content (AvgIpc) is 3.58. The molecule has 4 aromatic rings. The maximum absolute atomic E-state index is 13.1. The quantitative estimate of drug-likeness (QED) is 0.205. The van der Waals surface area contributed by atoms with Crippen molar-refractivity contribution in [3.05, 3.63) is 83.6 Å². The number of carbonyl (C=O) groups is 3. The van der Waals surface area contributed by atoms with Crippen LogP contribution in [0.15, 0.2) is 66.7 Å². The van der Waals surface area contributed by atoms with E-state index < -0.39 is 35.6 Å². The van der Waals surface area contributed by atoms with E-state index in [-0.39, 0.29) is 23.8 Å². The standard InChI is InChI=1S/C32H29F3N2O6/c1-18(38)36-27(30(39)40)17-26-25-16-20(19-6-9-21(10-7-19)32(33,34)35)8-15-28(25)37(29(26)31(41)42)22-11-13-24(14-12-22)43-23-4-2-3-5-23/h6-16,23,27H,2-5,17H2,1H3,(H,36,38)(H,39,40)(H,41,42). The number of nitrogens with one attached hydrogen (secondary N) is 1. The van der Waals surface area contributed by atoms with Crippen molar-refractivity contribution in [1.29, 1.82) is 0 Å². The van der Waals surface area contributed by atoms with E-state index in [1.165, 1.54) is 16.7 Å². The number of nitrogens with zero attached hydrogens (tertiary/aromatic N) is 1. The number of hydrogen-bond acceptors (Lipinski definition) is 4. The van der Waals surface area contributed by atoms with E-state index in [0.717, 1.165) is 44.7 Å². The van der Waals surface area contributed by atoms with Crippen LogP contribution >= 0.6 is 0 Å². The van der Waals surface area contributed by atoms with Gasteiger partial charge in [-0.1, -0.05) is 18.2 Å². The number of hydrogen-bond donors (Lipinski definition) is 3. The first-order valence-electron chi connectivity index (χ1n) is 13.8. The molecule has 0 radical (unpaired) electrons. The minimum Gasteiger partial charge on any atom is -0.490 e. The van der Waals surface area contributed by atoms with Crippen LogP contribution in [0.3, 0.4) is 0 Å². The van der Waals surface area contributed by atoms with Gasteiger partial charge in [-0.3, -0.25) is 4.79 Å². The van der Waals surface area contributed by atoms with Gasteiger partial charge in [0.05, 0.1) is 17.2 Å². The number of aromatic nitrogens is 1. The number of benzene rings is 3. The normalized spacial score (nSPS) is 14.5. The summed E-state index contributed by atoms with van der Waals surface area (Å²) in [5.41, 5.74) is 1.04. The number of rotatable bonds is 9. The van der Waals surface area contributed by atoms with Crippen molar-refractivity contribution in [3.8, 4) is 22.6 Å². The molecule has 1 unspecified atom stereocenters. The SMILES string of the molecule is CC(=O)NC(Cc1c(C(=O)O)n(-c2ccc(OC3CCCC3)cc2)c2ccc(-c3ccc(C(F)(F)F)cc3)cc12)C(=O)O. The lowest BCUT2D eigenvalue weighted by Crippen LogP contribution is -2.41. The second-order valence-corrected chi connectivity index (χ2v) is 10.6. The minimum absolute atomic E-state index is 0.129. The Morgan fingerprint density at radius 1 is 0.953 bits per heavy atom. The lowest BCUT2D eigenvalue weighted by Gasteiger charge is -2.15. The Labute approximate surface area is 244 Å². The summed E-state index contributed by atoms with van der Waals surface area (Å²) in [4.78, 5) is 36.6. The van der Waals surface area contributed by atoms with E-state index in [1.54, 1.807) is 42.5 Å². The molecule has 3 aromatic carbocycles. The molecule has 11 heteroatoms. The molecule has 1 aliphatic carbocycles. The topological polar surface area (TPSA) is 118 Å². The van der Waals surface area contributed by atoms with E-state index in [4.69, 9.17) is 4.74 Å². The van der Waals surface area contributed by atoms with E-state index >= 15 is 0 Å². The molecule has 1 atom stereocenters. The molecule has 1 aliphatic rings. The largest absolute Gasteiger partial charge is 0.490 e. The van der Waals surface area contributed by atoms with Gasteiger partial charge in [0.2, 0.25) is 5.91 Å². The van der Waals surface area contributed by atoms with E-state index in [2.05, 4.69) is 5.32 Å². The zero-order chi connectivity index (χ0) is 30.9. The molecule has 1 amide bonds. The second kappa shape index (κ2) is 11.8. The van der Waals surface area contributed by atoms with Crippen molar-refractivity contribution in [3.63, 3.8) is 0 Å². The first-order valence-corrected chi connectivity index (χ1v) is 13.8. The molecular formula is C32H29F3N2O6. The zero-order valence-electron chi connectivity index (χ0n) is 23.1. The fourth-order valence-corrected chi connectivity index (χ4v) is 5.61. The first-order chi connectivity index (χ1) is 20.4. The smallest absolute Gasteiger partial charge is 0.416 e. The monoisotopic (exact) mass is 594 g/mol. The number of carboxylic acids is 2. The fraction of sp³-hybridized carbons (Fsp3) is 0.281. The Morgan fingerprint density at radius 2 is 1.58 bits per heavy atom. The highest BCUT2D eigenvalue weighted by Gasteiger charge is 2.31. The van der Waals surface area contributed by atoms with Crippen LogP contribution < -0.4 is 10.1 Å². The molecule has 0 spiro atoms. The van der Waals surface area contributed by atoms with Gasteiger partial charge in [0.25, 0.3) is 0 Å². The number of aliphatic carboxylic acids is 1. The van der Waals surface area contributed by atoms with Gasteiger partial charge in [0.15, 0.2) is 0 Å². The number of ether oxygens (including phenoxy) is 1. The van der Waals surface area contributed by atoms with Crippen LogP contribution in [0.5, 0.6) is 5.75 Å². The molecule has 0 aliphatic heterocycles. The summed E-state index contributed by atoms with van der Waals surface area (Å²) in [6.07, 6.45) is -0.575. The van der Waals surface area contributed by atoms with Crippen LogP contribution in [0.1, 0.15) is 54.2 Å². The second-order valence-electron chi connectivity index (χ2n) is 10.6. The van der Waals surface area contributed by atoms with Gasteiger partial charge in [-0.05, 0) is 90.9 Å². The lowest BCUT2D eigenvalue weighted by molar-refractivity contribution is -0.141. The zero-order valence-corrected chi connectivity index (χ0v) is 23.1. The van der Waals surface area contributed by atoms with Gasteiger partial charge in [-0.25, -0.2) is 9.59 Å². The van der Waals surface area contributed by atoms with Crippen molar-refractivity contribution in [2.75, 3.05) is 0 Å². The number of carbonyl (C=O) groups excluding carboxylic acids is 1. The molecular weight excluding hydrogens is 565 g/mol. The fourth-order valence-electron chi connectivity index (χ4n) is 5.61. The van der Waals surface area contributed by atoms with E-state index in [9.17, 15) is 37.8 Å². The van der Waals surface area contributed by atoms with Crippen molar-refractivity contribution in [1.82, 2.24) is 9.88 Å². The van der Waals surface area contributed by atoms with Crippen LogP contribution in [0, 0.1) is 0 Å². The van der Waals surface area contributed by atoms with Gasteiger partial charge in [0, 0.05) is 24.4 Å². The minimum atomic E-state index is -4.50. The van der Waals surface area contributed by atoms with Crippen LogP contribution in [-0.4, -0.2) is 44.8 Å². The molecule has 43 heavy (non-hydrogen) atoms. The molecule has 5 rings (SSSR count). The van der Waals surface area contributed by atoms with Crippen molar-refractivity contribution < 1.29 is 42.5 Å². The predicted molar refractivity (Wildman–Crippen MR) is 153 cm³/mol. The molecule has 8 nitrogen and oxygen atoms in total. The number of fused-ring (bicyclic) bond motifs is 1. The molecule has 1 aromatic heterocycles. The third-order valence-electron chi connectivity index (χ3n) is 7.60. The third-order valence-corrected chi connectivity index (χ3v) is 7.60. The molecule has 0 saturated heterocycles. The van der Waals surface area contributed by atoms with Gasteiger partial charge in [-0.2, -0.15) is 13.2 Å². The Bertz CT molecular complexity index is 1670. The molecule has 0 bridgehead atoms. The van der Waals surface area contributed by atoms with Crippen LogP contribution in [0.25, 0.3) is 27.7 Å². The molecule has 224 valence electrons. The highest BCUT2D eigenvalue weighted by atomic mass is 19.4. The predicted octanol–water partition coefficient (Wildman–Crippen LogP) is 6.47. The summed E-state index contributed by atoms with van der Waals surface area (Å²) in [6.45, 7) is 1.16. The van der Waals surface area contributed by atoms with Crippen LogP contribution in [0.2, 0.25) is 0 Å². The van der Waals surface area contributed by atoms with Crippen molar-refractivity contribution >= 4 is 28.7 Å². The number of aromatic carboxylic acids is 1. The number of halogens is 3. The molecule has 1 fully saturated rings. The van der Waals surface area contributed by atoms with Crippen LogP contribution in [0.4, 0.5) is 13.2 Å². The summed E-state index contributed by atoms with van der Waals surface area (Å²) in [7, 11) is 0. The van der Waals surface area contributed by atoms with E-state index in [1.807, 2.05) is 0 Å². The van der Waals surface area contributed by atoms with Crippen LogP contribution in [-0.2, 0) is 22.2 Å². The maximum atomic E-state index is 13.1. The highest BCUT2D eigenvalue weighted by molar-refractivity contribution is 6.01. The Morgan fingerprint density at radius 3 is 2.14 bits per heavy atom. The number of alkyl halides is 3. The summed E-state index contributed by atoms with van der Waals surface area (Å²) in [5, 5.41) is 22.9. The summed E-state index contributed by atoms with van der Waals surface area (Å²) in [5.74, 6) is -2.62. The van der Waals surface area contributed by atoms with Crippen molar-refractivity contribution in [2.24, 2.45) is 0 Å². The van der Waals surface area contributed by atoms with E-state index in [0.29, 0.717) is 33.5 Å². The van der Waals surface area contributed by atoms with Gasteiger partial charge in [-0.15, -0.1) is 0 Å². The maximum Gasteiger partial charge on any atom is 0.416 e. The lowest BCUT2D eigenvalue weighted by atomic mass is 9.98. The average molecular weight is 595 g/mol. The molecule has 1 heterocycles. The van der Waals surface area contributed by atoms with Gasteiger partial charge in [0.1, 0.15) is 17.5 Å². The van der Waals surface area contributed by atoms with Crippen molar-refractivity contribution in [2.45, 2.75) is 57.3 Å². The van der Waals surface area contributed by atoms with Gasteiger partial charge < -0.3 is 24.8 Å². The first kappa shape index (κ1) is 29.7. The number of carboxylic acid groups (broad SMARTS) is 2. The summed E-state index contributed by atoms with van der Waals surface area (Å²) < 4.78 is 46.9. The third kappa shape index (κ3) is 6.35. The Balaban J connectivity index is 1.65. The molecule has 1 saturated carbocycles. The van der Waals surface area contributed by atoms with Gasteiger partial charge >= 0.3 is 18.1 Å². The molecule has 3 N–H and O–H groups in total. The Hall–Kier alpha value is -4.80. The highest BCUT2D eigenvalue weighted by Crippen LogP contribution is 2.36. The summed E-state index contributed by atoms with van der Waals surface area (Å²) in [6, 6.07) is 15.0. The Kier molecular flexibility index (Phi) is 8.16.